The van der Waals surface area contributed by atoms with Crippen LogP contribution in [0, 0.1) is 5.82 Å². The lowest BCUT2D eigenvalue weighted by molar-refractivity contribution is -0.125. The first-order chi connectivity index (χ1) is 14.5. The molecule has 0 aliphatic carbocycles. The highest BCUT2D eigenvalue weighted by molar-refractivity contribution is 6.32. The third-order valence-electron chi connectivity index (χ3n) is 5.46. The molecule has 30 heavy (non-hydrogen) atoms. The van der Waals surface area contributed by atoms with E-state index in [1.807, 2.05) is 29.4 Å². The van der Waals surface area contributed by atoms with Crippen LogP contribution in [0.15, 0.2) is 67.5 Å². The Labute approximate surface area is 180 Å². The molecule has 0 radical (unpaired) electrons. The molecular formula is C23H23ClFN3O2. The standard InChI is InChI=1S/C23H23ClFN3O2/c1-2-23(29)26-10-9-19(14-26)28-12-11-27(16-28)18-7-8-22(20(24)13-18)30-15-17-5-3-4-6-21(17)25/h2-8,11-13,19H,1,9-10,14-16H2/t19-/m1/s1. The molecule has 0 N–H and O–H groups in total. The van der Waals surface area contributed by atoms with Gasteiger partial charge in [0.25, 0.3) is 0 Å². The Morgan fingerprint density at radius 2 is 2.10 bits per heavy atom. The van der Waals surface area contributed by atoms with E-state index >= 15 is 0 Å². The maximum atomic E-state index is 13.8. The van der Waals surface area contributed by atoms with Crippen LogP contribution in [-0.4, -0.2) is 41.5 Å². The van der Waals surface area contributed by atoms with Gasteiger partial charge in [-0.05, 0) is 36.8 Å². The highest BCUT2D eigenvalue weighted by Crippen LogP contribution is 2.32. The fraction of sp³-hybridized carbons (Fsp3) is 0.261. The maximum Gasteiger partial charge on any atom is 0.246 e. The summed E-state index contributed by atoms with van der Waals surface area (Å²) in [5, 5.41) is 0.472. The zero-order chi connectivity index (χ0) is 21.1. The topological polar surface area (TPSA) is 36.0 Å². The summed E-state index contributed by atoms with van der Waals surface area (Å²) in [7, 11) is 0. The molecule has 1 saturated heterocycles. The molecule has 0 spiro atoms. The Morgan fingerprint density at radius 1 is 1.27 bits per heavy atom. The summed E-state index contributed by atoms with van der Waals surface area (Å²) in [5.74, 6) is 0.196. The Balaban J connectivity index is 1.36. The summed E-state index contributed by atoms with van der Waals surface area (Å²) in [5.41, 5.74) is 1.42. The smallest absolute Gasteiger partial charge is 0.246 e. The molecule has 2 aliphatic rings. The van der Waals surface area contributed by atoms with Crippen molar-refractivity contribution in [1.29, 1.82) is 0 Å². The zero-order valence-corrected chi connectivity index (χ0v) is 17.3. The minimum atomic E-state index is -0.298. The number of hydrogen-bond donors (Lipinski definition) is 0. The van der Waals surface area contributed by atoms with Crippen molar-refractivity contribution in [3.63, 3.8) is 0 Å². The van der Waals surface area contributed by atoms with Crippen LogP contribution in [-0.2, 0) is 11.4 Å². The molecule has 0 aromatic heterocycles. The van der Waals surface area contributed by atoms with Gasteiger partial charge in [-0.15, -0.1) is 0 Å². The number of carbonyl (C=O) groups excluding carboxylic acids is 1. The van der Waals surface area contributed by atoms with E-state index in [0.717, 1.165) is 18.7 Å². The molecular weight excluding hydrogens is 405 g/mol. The number of hydrogen-bond acceptors (Lipinski definition) is 4. The second-order valence-electron chi connectivity index (χ2n) is 7.35. The number of halogens is 2. The van der Waals surface area contributed by atoms with E-state index < -0.39 is 0 Å². The number of likely N-dealkylation sites (tertiary alicyclic amines) is 1. The average Bonchev–Trinajstić information content (AvgIpc) is 3.43. The molecule has 1 atom stereocenters. The van der Waals surface area contributed by atoms with Crippen LogP contribution >= 0.6 is 11.6 Å². The van der Waals surface area contributed by atoms with E-state index in [1.54, 1.807) is 24.3 Å². The average molecular weight is 428 g/mol. The van der Waals surface area contributed by atoms with Gasteiger partial charge in [-0.3, -0.25) is 4.79 Å². The van der Waals surface area contributed by atoms with Gasteiger partial charge >= 0.3 is 0 Å². The summed E-state index contributed by atoms with van der Waals surface area (Å²) in [6.07, 6.45) is 6.35. The van der Waals surface area contributed by atoms with Crippen LogP contribution in [0.2, 0.25) is 5.02 Å². The fourth-order valence-corrected chi connectivity index (χ4v) is 3.97. The van der Waals surface area contributed by atoms with Crippen LogP contribution in [0.5, 0.6) is 5.75 Å². The quantitative estimate of drug-likeness (QED) is 0.640. The van der Waals surface area contributed by atoms with E-state index in [1.165, 1.54) is 12.1 Å². The van der Waals surface area contributed by atoms with E-state index in [-0.39, 0.29) is 24.4 Å². The molecule has 2 aromatic carbocycles. The van der Waals surface area contributed by atoms with E-state index in [4.69, 9.17) is 16.3 Å². The SMILES string of the molecule is C=CC(=O)N1CC[C@@H](N2C=CN(c3ccc(OCc4ccccc4F)c(Cl)c3)C2)C1. The highest BCUT2D eigenvalue weighted by Gasteiger charge is 2.30. The molecule has 7 heteroatoms. The third-order valence-corrected chi connectivity index (χ3v) is 5.76. The largest absolute Gasteiger partial charge is 0.487 e. The van der Waals surface area contributed by atoms with Crippen LogP contribution in [0.25, 0.3) is 0 Å². The number of amides is 1. The van der Waals surface area contributed by atoms with Gasteiger partial charge < -0.3 is 19.4 Å². The Morgan fingerprint density at radius 3 is 2.87 bits per heavy atom. The monoisotopic (exact) mass is 427 g/mol. The lowest BCUT2D eigenvalue weighted by Gasteiger charge is -2.27. The summed E-state index contributed by atoms with van der Waals surface area (Å²) in [4.78, 5) is 17.9. The van der Waals surface area contributed by atoms with Crippen molar-refractivity contribution in [2.75, 3.05) is 24.7 Å². The molecule has 1 amide bonds. The Bertz CT molecular complexity index is 981. The molecule has 2 aromatic rings. The molecule has 0 unspecified atom stereocenters. The molecule has 2 heterocycles. The zero-order valence-electron chi connectivity index (χ0n) is 16.5. The summed E-state index contributed by atoms with van der Waals surface area (Å²) >= 11 is 6.41. The first-order valence-corrected chi connectivity index (χ1v) is 10.2. The van der Waals surface area contributed by atoms with Crippen LogP contribution in [0.4, 0.5) is 10.1 Å². The fourth-order valence-electron chi connectivity index (χ4n) is 3.74. The molecule has 5 nitrogen and oxygen atoms in total. The van der Waals surface area contributed by atoms with Crippen LogP contribution in [0.3, 0.4) is 0 Å². The number of nitrogens with zero attached hydrogens (tertiary/aromatic N) is 3. The van der Waals surface area contributed by atoms with Gasteiger partial charge in [0.15, 0.2) is 0 Å². The minimum absolute atomic E-state index is 0.0183. The van der Waals surface area contributed by atoms with Gasteiger partial charge in [0, 0.05) is 42.8 Å². The molecule has 4 rings (SSSR count). The third kappa shape index (κ3) is 4.28. The second-order valence-corrected chi connectivity index (χ2v) is 7.76. The van der Waals surface area contributed by atoms with Crippen molar-refractivity contribution < 1.29 is 13.9 Å². The molecule has 0 saturated carbocycles. The lowest BCUT2D eigenvalue weighted by atomic mass is 10.2. The van der Waals surface area contributed by atoms with Crippen LogP contribution in [0.1, 0.15) is 12.0 Å². The van der Waals surface area contributed by atoms with Crippen molar-refractivity contribution >= 4 is 23.2 Å². The van der Waals surface area contributed by atoms with Gasteiger partial charge in [-0.2, -0.15) is 0 Å². The first kappa shape index (κ1) is 20.3. The predicted molar refractivity (Wildman–Crippen MR) is 116 cm³/mol. The number of rotatable bonds is 6. The van der Waals surface area contributed by atoms with Gasteiger partial charge in [-0.25, -0.2) is 4.39 Å². The number of benzene rings is 2. The summed E-state index contributed by atoms with van der Waals surface area (Å²) in [6.45, 7) is 5.81. The van der Waals surface area contributed by atoms with Crippen molar-refractivity contribution in [3.8, 4) is 5.75 Å². The Hall–Kier alpha value is -2.99. The summed E-state index contributed by atoms with van der Waals surface area (Å²) in [6, 6.07) is 12.4. The molecule has 0 bridgehead atoms. The Kier molecular flexibility index (Phi) is 5.95. The van der Waals surface area contributed by atoms with E-state index in [9.17, 15) is 9.18 Å². The second kappa shape index (κ2) is 8.79. The molecule has 1 fully saturated rings. The van der Waals surface area contributed by atoms with Gasteiger partial charge in [0.2, 0.25) is 5.91 Å². The number of carbonyl (C=O) groups is 1. The van der Waals surface area contributed by atoms with Crippen LogP contribution < -0.4 is 9.64 Å². The van der Waals surface area contributed by atoms with Gasteiger partial charge in [0.05, 0.1) is 11.7 Å². The summed E-state index contributed by atoms with van der Waals surface area (Å²) < 4.78 is 19.5. The first-order valence-electron chi connectivity index (χ1n) is 9.83. The maximum absolute atomic E-state index is 13.8. The highest BCUT2D eigenvalue weighted by atomic mass is 35.5. The van der Waals surface area contributed by atoms with Crippen molar-refractivity contribution in [3.05, 3.63) is 83.9 Å². The lowest BCUT2D eigenvalue weighted by Crippen LogP contribution is -2.37. The van der Waals surface area contributed by atoms with Crippen molar-refractivity contribution in [1.82, 2.24) is 9.80 Å². The molecule has 2 aliphatic heterocycles. The van der Waals surface area contributed by atoms with E-state index in [2.05, 4.69) is 16.4 Å². The normalized spacial score (nSPS) is 18.2. The van der Waals surface area contributed by atoms with Gasteiger partial charge in [-0.1, -0.05) is 36.4 Å². The minimum Gasteiger partial charge on any atom is -0.487 e. The van der Waals surface area contributed by atoms with E-state index in [0.29, 0.717) is 29.5 Å². The van der Waals surface area contributed by atoms with Crippen molar-refractivity contribution in [2.45, 2.75) is 19.1 Å². The van der Waals surface area contributed by atoms with Gasteiger partial charge in [0.1, 0.15) is 18.2 Å². The predicted octanol–water partition coefficient (Wildman–Crippen LogP) is 4.40. The number of anilines is 1. The number of ether oxygens (including phenoxy) is 1. The van der Waals surface area contributed by atoms with Crippen molar-refractivity contribution in [2.24, 2.45) is 0 Å². The molecule has 156 valence electrons.